The van der Waals surface area contributed by atoms with Crippen LogP contribution in [0.2, 0.25) is 0 Å². The van der Waals surface area contributed by atoms with E-state index in [1.54, 1.807) is 0 Å². The first kappa shape index (κ1) is 15.2. The summed E-state index contributed by atoms with van der Waals surface area (Å²) in [5.74, 6) is 1.01. The highest BCUT2D eigenvalue weighted by Gasteiger charge is 2.22. The molecule has 120 valence electrons. The molecule has 1 aliphatic rings. The maximum Gasteiger partial charge on any atom is 0.306 e. The maximum absolute atomic E-state index is 11.0. The summed E-state index contributed by atoms with van der Waals surface area (Å²) >= 11 is 0. The molecule has 0 saturated carbocycles. The lowest BCUT2D eigenvalue weighted by atomic mass is 9.89. The van der Waals surface area contributed by atoms with Crippen LogP contribution in [0.15, 0.2) is 18.2 Å². The molecule has 0 amide bonds. The Morgan fingerprint density at radius 1 is 1.30 bits per heavy atom. The summed E-state index contributed by atoms with van der Waals surface area (Å²) < 4.78 is 0. The van der Waals surface area contributed by atoms with Gasteiger partial charge in [-0.05, 0) is 38.7 Å². The third-order valence-electron chi connectivity index (χ3n) is 3.86. The molecule has 1 unspecified atom stereocenters. The van der Waals surface area contributed by atoms with Crippen molar-refractivity contribution < 1.29 is 9.90 Å². The van der Waals surface area contributed by atoms with Crippen molar-refractivity contribution in [2.24, 2.45) is 5.92 Å². The summed E-state index contributed by atoms with van der Waals surface area (Å²) in [6.45, 7) is 3.84. The predicted octanol–water partition coefficient (Wildman–Crippen LogP) is 2.83. The molecule has 1 aliphatic carbocycles. The number of allylic oxidation sites excluding steroid dienone is 2. The lowest BCUT2D eigenvalue weighted by Gasteiger charge is -2.18. The predicted molar refractivity (Wildman–Crippen MR) is 86.3 cm³/mol. The summed E-state index contributed by atoms with van der Waals surface area (Å²) in [6.07, 6.45) is 3.78. The molecule has 0 radical (unpaired) electrons. The quantitative estimate of drug-likeness (QED) is 0.802. The highest BCUT2D eigenvalue weighted by Crippen LogP contribution is 2.29. The van der Waals surface area contributed by atoms with Gasteiger partial charge in [0.05, 0.1) is 5.92 Å². The van der Waals surface area contributed by atoms with Gasteiger partial charge in [-0.25, -0.2) is 9.97 Å². The van der Waals surface area contributed by atoms with Crippen molar-refractivity contribution in [3.8, 4) is 0 Å². The molecule has 0 saturated heterocycles. The number of aryl methyl sites for hydroxylation is 2. The maximum atomic E-state index is 11.0. The molecule has 2 aromatic heterocycles. The van der Waals surface area contributed by atoms with Crippen molar-refractivity contribution >= 4 is 23.2 Å². The summed E-state index contributed by atoms with van der Waals surface area (Å²) in [5.41, 5.74) is 2.83. The fourth-order valence-corrected chi connectivity index (χ4v) is 2.65. The van der Waals surface area contributed by atoms with E-state index in [1.807, 2.05) is 32.1 Å². The number of carboxylic acid groups (broad SMARTS) is 1. The molecule has 0 spiro atoms. The van der Waals surface area contributed by atoms with E-state index in [9.17, 15) is 4.79 Å². The number of aliphatic carboxylic acids is 1. The zero-order chi connectivity index (χ0) is 16.4. The molecule has 7 heteroatoms. The Bertz CT molecular complexity index is 766. The van der Waals surface area contributed by atoms with Gasteiger partial charge >= 0.3 is 5.97 Å². The molecule has 3 rings (SSSR count). The number of rotatable bonds is 4. The van der Waals surface area contributed by atoms with Crippen LogP contribution in [-0.4, -0.2) is 31.2 Å². The van der Waals surface area contributed by atoms with Crippen LogP contribution >= 0.6 is 0 Å². The Balaban J connectivity index is 1.82. The normalized spacial score (nSPS) is 17.7. The van der Waals surface area contributed by atoms with Crippen LogP contribution in [0, 0.1) is 19.8 Å². The molecule has 3 N–H and O–H groups in total. The first-order valence-electron chi connectivity index (χ1n) is 7.58. The van der Waals surface area contributed by atoms with Crippen LogP contribution < -0.4 is 5.32 Å². The van der Waals surface area contributed by atoms with Crippen LogP contribution in [0.1, 0.15) is 36.5 Å². The molecular weight excluding hydrogens is 294 g/mol. The number of nitrogens with one attached hydrogen (secondary N) is 2. The largest absolute Gasteiger partial charge is 0.481 e. The Morgan fingerprint density at radius 2 is 2.13 bits per heavy atom. The van der Waals surface area contributed by atoms with E-state index in [-0.39, 0.29) is 5.92 Å². The number of nitrogens with zero attached hydrogens (tertiary/aromatic N) is 3. The number of hydrogen-bond acceptors (Lipinski definition) is 5. The second kappa shape index (κ2) is 6.20. The Labute approximate surface area is 133 Å². The Hall–Kier alpha value is -2.70. The van der Waals surface area contributed by atoms with Crippen LogP contribution in [0.5, 0.6) is 0 Å². The van der Waals surface area contributed by atoms with E-state index in [2.05, 4.69) is 25.5 Å². The van der Waals surface area contributed by atoms with Crippen molar-refractivity contribution in [3.05, 3.63) is 35.4 Å². The van der Waals surface area contributed by atoms with E-state index in [1.165, 1.54) is 0 Å². The van der Waals surface area contributed by atoms with Crippen LogP contribution in [-0.2, 0) is 4.79 Å². The average molecular weight is 313 g/mol. The lowest BCUT2D eigenvalue weighted by Crippen LogP contribution is -2.16. The monoisotopic (exact) mass is 313 g/mol. The van der Waals surface area contributed by atoms with E-state index >= 15 is 0 Å². The molecule has 0 aromatic carbocycles. The van der Waals surface area contributed by atoms with Gasteiger partial charge in [0.2, 0.25) is 0 Å². The first-order chi connectivity index (χ1) is 11.0. The fraction of sp³-hybridized carbons (Fsp3) is 0.375. The topological polar surface area (TPSA) is 104 Å². The Kier molecular flexibility index (Phi) is 4.10. The smallest absolute Gasteiger partial charge is 0.306 e. The number of carboxylic acids is 1. The minimum absolute atomic E-state index is 0.298. The van der Waals surface area contributed by atoms with Gasteiger partial charge in [-0.1, -0.05) is 6.08 Å². The molecule has 0 fully saturated rings. The van der Waals surface area contributed by atoms with Crippen LogP contribution in [0.4, 0.5) is 11.6 Å². The molecule has 2 aromatic rings. The van der Waals surface area contributed by atoms with Gasteiger partial charge in [0.15, 0.2) is 11.6 Å². The van der Waals surface area contributed by atoms with Gasteiger partial charge in [0.25, 0.3) is 0 Å². The number of anilines is 2. The first-order valence-corrected chi connectivity index (χ1v) is 7.58. The molecule has 0 aliphatic heterocycles. The minimum atomic E-state index is -0.735. The summed E-state index contributed by atoms with van der Waals surface area (Å²) in [6, 6.07) is 3.76. The summed E-state index contributed by atoms with van der Waals surface area (Å²) in [7, 11) is 0. The second-order valence-electron chi connectivity index (χ2n) is 5.82. The molecule has 7 nitrogen and oxygen atoms in total. The van der Waals surface area contributed by atoms with Gasteiger partial charge < -0.3 is 10.4 Å². The fourth-order valence-electron chi connectivity index (χ4n) is 2.65. The number of aromatic nitrogens is 4. The summed E-state index contributed by atoms with van der Waals surface area (Å²) in [4.78, 5) is 20.0. The van der Waals surface area contributed by atoms with Crippen molar-refractivity contribution in [2.45, 2.75) is 33.1 Å². The van der Waals surface area contributed by atoms with Gasteiger partial charge in [-0.3, -0.25) is 9.89 Å². The van der Waals surface area contributed by atoms with E-state index in [0.29, 0.717) is 36.7 Å². The van der Waals surface area contributed by atoms with Gasteiger partial charge in [0.1, 0.15) is 5.82 Å². The molecule has 0 bridgehead atoms. The number of aromatic amines is 1. The minimum Gasteiger partial charge on any atom is -0.481 e. The molecule has 1 atom stereocenters. The third kappa shape index (κ3) is 3.56. The molecular formula is C16H19N5O2. The van der Waals surface area contributed by atoms with Crippen molar-refractivity contribution in [3.63, 3.8) is 0 Å². The van der Waals surface area contributed by atoms with Gasteiger partial charge in [-0.2, -0.15) is 5.10 Å². The van der Waals surface area contributed by atoms with Crippen LogP contribution in [0.25, 0.3) is 5.57 Å². The SMILES string of the molecule is Cc1cc(Nc2cc(C)[nH]n2)nc(C2=CCC(C(=O)O)CC2)n1. The summed E-state index contributed by atoms with van der Waals surface area (Å²) in [5, 5.41) is 19.2. The van der Waals surface area contributed by atoms with Gasteiger partial charge in [0, 0.05) is 23.5 Å². The number of hydrogen-bond donors (Lipinski definition) is 3. The number of carbonyl (C=O) groups is 1. The van der Waals surface area contributed by atoms with E-state index in [4.69, 9.17) is 5.11 Å². The average Bonchev–Trinajstić information content (AvgIpc) is 2.92. The van der Waals surface area contributed by atoms with Crippen molar-refractivity contribution in [2.75, 3.05) is 5.32 Å². The van der Waals surface area contributed by atoms with Gasteiger partial charge in [-0.15, -0.1) is 0 Å². The zero-order valence-electron chi connectivity index (χ0n) is 13.1. The highest BCUT2D eigenvalue weighted by molar-refractivity contribution is 5.73. The molecule has 23 heavy (non-hydrogen) atoms. The molecule has 2 heterocycles. The zero-order valence-corrected chi connectivity index (χ0v) is 13.1. The highest BCUT2D eigenvalue weighted by atomic mass is 16.4. The Morgan fingerprint density at radius 3 is 2.74 bits per heavy atom. The van der Waals surface area contributed by atoms with E-state index in [0.717, 1.165) is 17.0 Å². The van der Waals surface area contributed by atoms with Crippen LogP contribution in [0.3, 0.4) is 0 Å². The van der Waals surface area contributed by atoms with Crippen molar-refractivity contribution in [1.29, 1.82) is 0 Å². The van der Waals surface area contributed by atoms with E-state index < -0.39 is 5.97 Å². The third-order valence-corrected chi connectivity index (χ3v) is 3.86. The second-order valence-corrected chi connectivity index (χ2v) is 5.82. The number of H-pyrrole nitrogens is 1. The van der Waals surface area contributed by atoms with Crippen molar-refractivity contribution in [1.82, 2.24) is 20.2 Å². The lowest BCUT2D eigenvalue weighted by molar-refractivity contribution is -0.141. The standard InChI is InChI=1S/C16H19N5O2/c1-9-7-13(18-14-8-10(2)20-21-14)19-15(17-9)11-3-5-12(6-4-11)16(22)23/h3,7-8,12H,4-6H2,1-2H3,(H,22,23)(H2,17,18,19,20,21).